The zero-order chi connectivity index (χ0) is 13.3. The molecule has 0 bridgehead atoms. The molecule has 2 heterocycles. The first-order valence-corrected chi connectivity index (χ1v) is 6.92. The fraction of sp³-hybridized carbons (Fsp3) is 0.286. The Morgan fingerprint density at radius 2 is 2.05 bits per heavy atom. The second-order valence-corrected chi connectivity index (χ2v) is 5.05. The van der Waals surface area contributed by atoms with Gasteiger partial charge in [0.15, 0.2) is 0 Å². The molecule has 0 aliphatic rings. The van der Waals surface area contributed by atoms with E-state index in [4.69, 9.17) is 4.74 Å². The van der Waals surface area contributed by atoms with Gasteiger partial charge in [-0.3, -0.25) is 4.98 Å². The van der Waals surface area contributed by atoms with Crippen LogP contribution in [-0.4, -0.2) is 30.2 Å². The van der Waals surface area contributed by atoms with Crippen LogP contribution in [-0.2, 0) is 11.3 Å². The van der Waals surface area contributed by atoms with Gasteiger partial charge in [-0.15, -0.1) is 0 Å². The van der Waals surface area contributed by atoms with Crippen molar-refractivity contribution in [2.45, 2.75) is 16.5 Å². The van der Waals surface area contributed by atoms with E-state index in [1.54, 1.807) is 31.3 Å². The largest absolute Gasteiger partial charge is 0.383 e. The SMILES string of the molecule is COCCNCc1ccc(Sc2ccncc2)nc1. The topological polar surface area (TPSA) is 47.0 Å². The number of hydrogen-bond donors (Lipinski definition) is 1. The Kier molecular flexibility index (Phi) is 5.81. The van der Waals surface area contributed by atoms with E-state index in [0.717, 1.165) is 29.6 Å². The molecule has 0 unspecified atom stereocenters. The highest BCUT2D eigenvalue weighted by molar-refractivity contribution is 7.99. The fourth-order valence-corrected chi connectivity index (χ4v) is 2.25. The predicted molar refractivity (Wildman–Crippen MR) is 76.2 cm³/mol. The lowest BCUT2D eigenvalue weighted by Gasteiger charge is -2.05. The lowest BCUT2D eigenvalue weighted by molar-refractivity contribution is 0.199. The van der Waals surface area contributed by atoms with Gasteiger partial charge in [0.25, 0.3) is 0 Å². The van der Waals surface area contributed by atoms with E-state index in [1.165, 1.54) is 5.56 Å². The summed E-state index contributed by atoms with van der Waals surface area (Å²) in [5, 5.41) is 4.28. The van der Waals surface area contributed by atoms with Crippen LogP contribution in [0.4, 0.5) is 0 Å². The summed E-state index contributed by atoms with van der Waals surface area (Å²) in [5.41, 5.74) is 1.18. The summed E-state index contributed by atoms with van der Waals surface area (Å²) < 4.78 is 4.98. The second kappa shape index (κ2) is 7.89. The molecule has 100 valence electrons. The first-order chi connectivity index (χ1) is 9.38. The number of methoxy groups -OCH3 is 1. The van der Waals surface area contributed by atoms with Crippen LogP contribution in [0.3, 0.4) is 0 Å². The Morgan fingerprint density at radius 3 is 2.74 bits per heavy atom. The minimum absolute atomic E-state index is 0.726. The second-order valence-electron chi connectivity index (χ2n) is 3.96. The number of hydrogen-bond acceptors (Lipinski definition) is 5. The number of nitrogens with zero attached hydrogens (tertiary/aromatic N) is 2. The molecule has 0 aliphatic carbocycles. The van der Waals surface area contributed by atoms with Crippen molar-refractivity contribution in [2.75, 3.05) is 20.3 Å². The van der Waals surface area contributed by atoms with Gasteiger partial charge in [0.05, 0.1) is 6.61 Å². The molecular weight excluding hydrogens is 258 g/mol. The van der Waals surface area contributed by atoms with Crippen LogP contribution in [0.1, 0.15) is 5.56 Å². The van der Waals surface area contributed by atoms with E-state index in [0.29, 0.717) is 0 Å². The molecule has 0 radical (unpaired) electrons. The molecule has 0 fully saturated rings. The zero-order valence-corrected chi connectivity index (χ0v) is 11.7. The molecule has 2 rings (SSSR count). The summed E-state index contributed by atoms with van der Waals surface area (Å²) in [4.78, 5) is 9.59. The third-order valence-electron chi connectivity index (χ3n) is 2.48. The molecule has 2 aromatic rings. The minimum atomic E-state index is 0.726. The van der Waals surface area contributed by atoms with E-state index in [9.17, 15) is 0 Å². The normalized spacial score (nSPS) is 10.6. The summed E-state index contributed by atoms with van der Waals surface area (Å²) in [6.07, 6.45) is 5.48. The Labute approximate surface area is 117 Å². The average molecular weight is 275 g/mol. The van der Waals surface area contributed by atoms with Crippen molar-refractivity contribution in [3.63, 3.8) is 0 Å². The van der Waals surface area contributed by atoms with E-state index in [1.807, 2.05) is 24.4 Å². The number of aromatic nitrogens is 2. The molecule has 0 amide bonds. The van der Waals surface area contributed by atoms with Gasteiger partial charge in [-0.05, 0) is 23.8 Å². The van der Waals surface area contributed by atoms with Gasteiger partial charge in [-0.25, -0.2) is 4.98 Å². The maximum Gasteiger partial charge on any atom is 0.101 e. The van der Waals surface area contributed by atoms with Crippen molar-refractivity contribution in [1.82, 2.24) is 15.3 Å². The van der Waals surface area contributed by atoms with Crippen LogP contribution in [0.15, 0.2) is 52.8 Å². The maximum absolute atomic E-state index is 4.98. The summed E-state index contributed by atoms with van der Waals surface area (Å²) in [5.74, 6) is 0. The number of nitrogens with one attached hydrogen (secondary N) is 1. The van der Waals surface area contributed by atoms with Gasteiger partial charge in [-0.1, -0.05) is 17.8 Å². The van der Waals surface area contributed by atoms with Crippen molar-refractivity contribution in [1.29, 1.82) is 0 Å². The Bertz CT molecular complexity index is 476. The predicted octanol–water partition coefficient (Wildman–Crippen LogP) is 2.36. The lowest BCUT2D eigenvalue weighted by Crippen LogP contribution is -2.18. The zero-order valence-electron chi connectivity index (χ0n) is 10.9. The molecule has 4 nitrogen and oxygen atoms in total. The highest BCUT2D eigenvalue weighted by Gasteiger charge is 1.99. The highest BCUT2D eigenvalue weighted by atomic mass is 32.2. The molecule has 2 aromatic heterocycles. The molecule has 0 atom stereocenters. The van der Waals surface area contributed by atoms with Gasteiger partial charge in [0.1, 0.15) is 5.03 Å². The lowest BCUT2D eigenvalue weighted by atomic mass is 10.3. The van der Waals surface area contributed by atoms with Crippen molar-refractivity contribution in [3.05, 3.63) is 48.4 Å². The van der Waals surface area contributed by atoms with E-state index in [2.05, 4.69) is 21.4 Å². The number of ether oxygens (including phenoxy) is 1. The third kappa shape index (κ3) is 4.98. The molecule has 0 saturated heterocycles. The van der Waals surface area contributed by atoms with Crippen molar-refractivity contribution >= 4 is 11.8 Å². The van der Waals surface area contributed by atoms with Gasteiger partial charge < -0.3 is 10.1 Å². The van der Waals surface area contributed by atoms with Gasteiger partial charge in [-0.2, -0.15) is 0 Å². The molecule has 5 heteroatoms. The van der Waals surface area contributed by atoms with Crippen LogP contribution < -0.4 is 5.32 Å². The smallest absolute Gasteiger partial charge is 0.101 e. The standard InChI is InChI=1S/C14H17N3OS/c1-18-9-8-16-10-12-2-3-14(17-11-12)19-13-4-6-15-7-5-13/h2-7,11,16H,8-10H2,1H3. The van der Waals surface area contributed by atoms with Crippen molar-refractivity contribution in [2.24, 2.45) is 0 Å². The average Bonchev–Trinajstić information content (AvgIpc) is 2.46. The van der Waals surface area contributed by atoms with Gasteiger partial charge in [0.2, 0.25) is 0 Å². The summed E-state index contributed by atoms with van der Waals surface area (Å²) in [6.45, 7) is 2.39. The molecule has 1 N–H and O–H groups in total. The first-order valence-electron chi connectivity index (χ1n) is 6.11. The van der Waals surface area contributed by atoms with E-state index < -0.39 is 0 Å². The monoisotopic (exact) mass is 275 g/mol. The minimum Gasteiger partial charge on any atom is -0.383 e. The Balaban J connectivity index is 1.84. The maximum atomic E-state index is 4.98. The molecule has 0 aromatic carbocycles. The van der Waals surface area contributed by atoms with E-state index >= 15 is 0 Å². The van der Waals surface area contributed by atoms with Gasteiger partial charge >= 0.3 is 0 Å². The Hall–Kier alpha value is -1.43. The molecular formula is C14H17N3OS. The van der Waals surface area contributed by atoms with Crippen LogP contribution in [0.25, 0.3) is 0 Å². The Morgan fingerprint density at radius 1 is 1.21 bits per heavy atom. The first kappa shape index (κ1) is 14.0. The van der Waals surface area contributed by atoms with Crippen LogP contribution in [0.2, 0.25) is 0 Å². The van der Waals surface area contributed by atoms with Crippen molar-refractivity contribution in [3.8, 4) is 0 Å². The molecule has 0 aliphatic heterocycles. The number of rotatable bonds is 7. The molecule has 19 heavy (non-hydrogen) atoms. The third-order valence-corrected chi connectivity index (χ3v) is 3.44. The van der Waals surface area contributed by atoms with Gasteiger partial charge in [0, 0.05) is 43.7 Å². The van der Waals surface area contributed by atoms with Crippen LogP contribution in [0.5, 0.6) is 0 Å². The summed E-state index contributed by atoms with van der Waals surface area (Å²) in [7, 11) is 1.70. The highest BCUT2D eigenvalue weighted by Crippen LogP contribution is 2.24. The van der Waals surface area contributed by atoms with Crippen LogP contribution >= 0.6 is 11.8 Å². The number of pyridine rings is 2. The van der Waals surface area contributed by atoms with E-state index in [-0.39, 0.29) is 0 Å². The molecule has 0 spiro atoms. The summed E-state index contributed by atoms with van der Waals surface area (Å²) >= 11 is 1.64. The molecule has 0 saturated carbocycles. The quantitative estimate of drug-likeness (QED) is 0.786. The fourth-order valence-electron chi connectivity index (χ4n) is 1.51. The van der Waals surface area contributed by atoms with Crippen LogP contribution in [0, 0.1) is 0 Å². The summed E-state index contributed by atoms with van der Waals surface area (Å²) in [6, 6.07) is 8.09. The van der Waals surface area contributed by atoms with Crippen molar-refractivity contribution < 1.29 is 4.74 Å².